The van der Waals surface area contributed by atoms with Gasteiger partial charge in [0.05, 0.1) is 0 Å². The minimum Gasteiger partial charge on any atom is -0.357 e. The number of nitrogens with one attached hydrogen (secondary N) is 2. The molecule has 21 heavy (non-hydrogen) atoms. The lowest BCUT2D eigenvalue weighted by atomic mass is 10.2. The maximum absolute atomic E-state index is 12.8. The Morgan fingerprint density at radius 1 is 1.10 bits per heavy atom. The molecule has 2 aromatic rings. The number of nitrogens with zero attached hydrogens (tertiary/aromatic N) is 2. The normalized spacial score (nSPS) is 11.3. The molecule has 0 spiro atoms. The SMILES string of the molecule is CNc1nc(Nc2cc(C)cc(Br)c2)cc(C(F)(F)F)n1. The van der Waals surface area contributed by atoms with Crippen molar-refractivity contribution in [3.05, 3.63) is 40.0 Å². The van der Waals surface area contributed by atoms with Crippen molar-refractivity contribution in [3.63, 3.8) is 0 Å². The van der Waals surface area contributed by atoms with Gasteiger partial charge in [0.1, 0.15) is 5.82 Å². The van der Waals surface area contributed by atoms with E-state index in [9.17, 15) is 13.2 Å². The second-order valence-electron chi connectivity index (χ2n) is 4.35. The van der Waals surface area contributed by atoms with Gasteiger partial charge in [-0.25, -0.2) is 4.98 Å². The summed E-state index contributed by atoms with van der Waals surface area (Å²) in [5.74, 6) is -0.0294. The van der Waals surface area contributed by atoms with E-state index in [2.05, 4.69) is 36.5 Å². The Morgan fingerprint density at radius 2 is 1.81 bits per heavy atom. The molecule has 0 aliphatic heterocycles. The fourth-order valence-electron chi connectivity index (χ4n) is 1.72. The first-order chi connectivity index (χ1) is 9.77. The van der Waals surface area contributed by atoms with Crippen molar-refractivity contribution in [2.75, 3.05) is 17.7 Å². The largest absolute Gasteiger partial charge is 0.433 e. The quantitative estimate of drug-likeness (QED) is 0.854. The molecule has 4 nitrogen and oxygen atoms in total. The molecule has 1 heterocycles. The van der Waals surface area contributed by atoms with Crippen LogP contribution >= 0.6 is 15.9 Å². The number of anilines is 3. The van der Waals surface area contributed by atoms with Gasteiger partial charge in [0.25, 0.3) is 0 Å². The molecular formula is C13H12BrF3N4. The van der Waals surface area contributed by atoms with Gasteiger partial charge < -0.3 is 10.6 Å². The fraction of sp³-hybridized carbons (Fsp3) is 0.231. The number of alkyl halides is 3. The van der Waals surface area contributed by atoms with E-state index in [1.54, 1.807) is 12.1 Å². The van der Waals surface area contributed by atoms with Gasteiger partial charge in [0.15, 0.2) is 5.69 Å². The molecular weight excluding hydrogens is 349 g/mol. The van der Waals surface area contributed by atoms with E-state index in [0.29, 0.717) is 5.69 Å². The Labute approximate surface area is 127 Å². The Morgan fingerprint density at radius 3 is 2.38 bits per heavy atom. The third-order valence-corrected chi connectivity index (χ3v) is 3.01. The first kappa shape index (κ1) is 15.6. The summed E-state index contributed by atoms with van der Waals surface area (Å²) < 4.78 is 39.2. The van der Waals surface area contributed by atoms with Crippen molar-refractivity contribution in [3.8, 4) is 0 Å². The lowest BCUT2D eigenvalue weighted by Crippen LogP contribution is -2.12. The third kappa shape index (κ3) is 4.07. The van der Waals surface area contributed by atoms with Gasteiger partial charge in [0, 0.05) is 23.3 Å². The van der Waals surface area contributed by atoms with Crippen LogP contribution in [0, 0.1) is 6.92 Å². The zero-order valence-electron chi connectivity index (χ0n) is 11.2. The van der Waals surface area contributed by atoms with Gasteiger partial charge in [-0.3, -0.25) is 0 Å². The average molecular weight is 361 g/mol. The molecule has 0 radical (unpaired) electrons. The summed E-state index contributed by atoms with van der Waals surface area (Å²) in [4.78, 5) is 7.37. The molecule has 2 N–H and O–H groups in total. The van der Waals surface area contributed by atoms with E-state index in [-0.39, 0.29) is 11.8 Å². The average Bonchev–Trinajstić information content (AvgIpc) is 2.36. The van der Waals surface area contributed by atoms with E-state index < -0.39 is 11.9 Å². The smallest absolute Gasteiger partial charge is 0.357 e. The highest BCUT2D eigenvalue weighted by Crippen LogP contribution is 2.30. The summed E-state index contributed by atoms with van der Waals surface area (Å²) in [5, 5.41) is 5.37. The van der Waals surface area contributed by atoms with Crippen LogP contribution in [0.15, 0.2) is 28.7 Å². The Kier molecular flexibility index (Phi) is 4.36. The number of hydrogen-bond acceptors (Lipinski definition) is 4. The molecule has 0 fully saturated rings. The fourth-order valence-corrected chi connectivity index (χ4v) is 2.33. The van der Waals surface area contributed by atoms with Crippen LogP contribution < -0.4 is 10.6 Å². The van der Waals surface area contributed by atoms with Crippen LogP contribution in [-0.4, -0.2) is 17.0 Å². The lowest BCUT2D eigenvalue weighted by Gasteiger charge is -2.12. The van der Waals surface area contributed by atoms with E-state index in [1.165, 1.54) is 7.05 Å². The second kappa shape index (κ2) is 5.88. The molecule has 1 aromatic heterocycles. The Hall–Kier alpha value is -1.83. The van der Waals surface area contributed by atoms with Crippen LogP contribution in [0.5, 0.6) is 0 Å². The molecule has 0 unspecified atom stereocenters. The molecule has 112 valence electrons. The van der Waals surface area contributed by atoms with Crippen molar-refractivity contribution in [1.29, 1.82) is 0 Å². The number of rotatable bonds is 3. The summed E-state index contributed by atoms with van der Waals surface area (Å²) in [5.41, 5.74) is 0.595. The van der Waals surface area contributed by atoms with Crippen LogP contribution in [0.1, 0.15) is 11.3 Å². The molecule has 2 rings (SSSR count). The number of aromatic nitrogens is 2. The zero-order valence-corrected chi connectivity index (χ0v) is 12.8. The summed E-state index contributed by atoms with van der Waals surface area (Å²) in [6.45, 7) is 1.89. The van der Waals surface area contributed by atoms with Crippen LogP contribution in [0.3, 0.4) is 0 Å². The van der Waals surface area contributed by atoms with Gasteiger partial charge in [-0.15, -0.1) is 0 Å². The van der Waals surface area contributed by atoms with E-state index in [1.807, 2.05) is 13.0 Å². The maximum atomic E-state index is 12.8. The summed E-state index contributed by atoms with van der Waals surface area (Å²) in [6.07, 6.45) is -4.53. The summed E-state index contributed by atoms with van der Waals surface area (Å²) in [7, 11) is 1.46. The predicted octanol–water partition coefficient (Wildman–Crippen LogP) is 4.35. The van der Waals surface area contributed by atoms with Crippen molar-refractivity contribution in [2.45, 2.75) is 13.1 Å². The lowest BCUT2D eigenvalue weighted by molar-refractivity contribution is -0.141. The van der Waals surface area contributed by atoms with Gasteiger partial charge >= 0.3 is 6.18 Å². The molecule has 0 saturated heterocycles. The topological polar surface area (TPSA) is 49.8 Å². The molecule has 0 aliphatic rings. The number of benzene rings is 1. The van der Waals surface area contributed by atoms with Gasteiger partial charge in [-0.2, -0.15) is 18.2 Å². The highest BCUT2D eigenvalue weighted by atomic mass is 79.9. The number of aryl methyl sites for hydroxylation is 1. The summed E-state index contributed by atoms with van der Waals surface area (Å²) >= 11 is 3.34. The van der Waals surface area contributed by atoms with Crippen LogP contribution in [0.2, 0.25) is 0 Å². The zero-order chi connectivity index (χ0) is 15.6. The van der Waals surface area contributed by atoms with Crippen LogP contribution in [0.4, 0.5) is 30.6 Å². The maximum Gasteiger partial charge on any atom is 0.433 e. The Balaban J connectivity index is 2.39. The van der Waals surface area contributed by atoms with Gasteiger partial charge in [0.2, 0.25) is 5.95 Å². The van der Waals surface area contributed by atoms with E-state index >= 15 is 0 Å². The molecule has 0 amide bonds. The first-order valence-corrected chi connectivity index (χ1v) is 6.75. The number of halogens is 4. The highest BCUT2D eigenvalue weighted by Gasteiger charge is 2.33. The first-order valence-electron chi connectivity index (χ1n) is 5.96. The minimum atomic E-state index is -4.53. The van der Waals surface area contributed by atoms with Crippen LogP contribution in [0.25, 0.3) is 0 Å². The number of hydrogen-bond donors (Lipinski definition) is 2. The molecule has 0 aliphatic carbocycles. The second-order valence-corrected chi connectivity index (χ2v) is 5.27. The molecule has 1 aromatic carbocycles. The Bertz CT molecular complexity index is 638. The van der Waals surface area contributed by atoms with Crippen molar-refractivity contribution in [2.24, 2.45) is 0 Å². The predicted molar refractivity (Wildman–Crippen MR) is 78.7 cm³/mol. The van der Waals surface area contributed by atoms with E-state index in [0.717, 1.165) is 16.1 Å². The highest BCUT2D eigenvalue weighted by molar-refractivity contribution is 9.10. The van der Waals surface area contributed by atoms with Gasteiger partial charge in [-0.1, -0.05) is 15.9 Å². The van der Waals surface area contributed by atoms with Gasteiger partial charge in [-0.05, 0) is 30.7 Å². The van der Waals surface area contributed by atoms with E-state index in [4.69, 9.17) is 0 Å². The van der Waals surface area contributed by atoms with Crippen molar-refractivity contribution in [1.82, 2.24) is 9.97 Å². The third-order valence-electron chi connectivity index (χ3n) is 2.55. The van der Waals surface area contributed by atoms with Crippen LogP contribution in [-0.2, 0) is 6.18 Å². The standard InChI is InChI=1S/C13H12BrF3N4/c1-7-3-8(14)5-9(4-7)19-11-6-10(13(15,16)17)20-12(18-2)21-11/h3-6H,1-2H3,(H2,18,19,20,21). The minimum absolute atomic E-state index is 0.0687. The monoisotopic (exact) mass is 360 g/mol. The summed E-state index contributed by atoms with van der Waals surface area (Å²) in [6, 6.07) is 6.32. The molecule has 8 heteroatoms. The van der Waals surface area contributed by atoms with Crippen molar-refractivity contribution >= 4 is 33.4 Å². The molecule has 0 atom stereocenters. The van der Waals surface area contributed by atoms with Crippen molar-refractivity contribution < 1.29 is 13.2 Å². The molecule has 0 bridgehead atoms. The molecule has 0 saturated carbocycles.